The molecule has 0 aliphatic carbocycles. The third kappa shape index (κ3) is 6.29. The molecule has 35 heavy (non-hydrogen) atoms. The standard InChI is InChI=1S/C24H25FN4O4S2/c1-33-23(32)14-29-19-8-7-17(25)13-20(19)35-24(29)26-21(30)15-34-16-22(31)28-11-9-27(10-12-28)18-5-3-2-4-6-18/h2-8,13H,9-12,14-16H2,1H3. The summed E-state index contributed by atoms with van der Waals surface area (Å²) in [7, 11) is 1.27. The highest BCUT2D eigenvalue weighted by molar-refractivity contribution is 8.00. The molecule has 2 amide bonds. The summed E-state index contributed by atoms with van der Waals surface area (Å²) in [5, 5.41) is 0. The molecule has 0 saturated carbocycles. The molecule has 4 rings (SSSR count). The number of methoxy groups -OCH3 is 1. The van der Waals surface area contributed by atoms with Gasteiger partial charge in [-0.3, -0.25) is 14.4 Å². The number of hydrogen-bond acceptors (Lipinski definition) is 7. The van der Waals surface area contributed by atoms with Crippen molar-refractivity contribution in [2.24, 2.45) is 4.99 Å². The van der Waals surface area contributed by atoms with Gasteiger partial charge in [0.15, 0.2) is 4.80 Å². The van der Waals surface area contributed by atoms with Crippen LogP contribution in [0, 0.1) is 5.82 Å². The van der Waals surface area contributed by atoms with E-state index in [9.17, 15) is 18.8 Å². The van der Waals surface area contributed by atoms with Crippen molar-refractivity contribution in [3.63, 3.8) is 0 Å². The number of anilines is 1. The van der Waals surface area contributed by atoms with Crippen LogP contribution in [0.1, 0.15) is 0 Å². The highest BCUT2D eigenvalue weighted by Gasteiger charge is 2.21. The summed E-state index contributed by atoms with van der Waals surface area (Å²) in [4.78, 5) is 45.4. The average Bonchev–Trinajstić information content (AvgIpc) is 3.19. The van der Waals surface area contributed by atoms with Crippen LogP contribution >= 0.6 is 23.1 Å². The summed E-state index contributed by atoms with van der Waals surface area (Å²) >= 11 is 2.33. The van der Waals surface area contributed by atoms with Crippen LogP contribution in [0.3, 0.4) is 0 Å². The number of carbonyl (C=O) groups excluding carboxylic acids is 3. The van der Waals surface area contributed by atoms with Crippen molar-refractivity contribution in [1.29, 1.82) is 0 Å². The van der Waals surface area contributed by atoms with Crippen LogP contribution < -0.4 is 9.70 Å². The number of amides is 2. The summed E-state index contributed by atoms with van der Waals surface area (Å²) in [5.41, 5.74) is 1.74. The molecule has 3 aromatic rings. The van der Waals surface area contributed by atoms with Crippen molar-refractivity contribution in [2.75, 3.05) is 49.7 Å². The van der Waals surface area contributed by atoms with Gasteiger partial charge >= 0.3 is 5.97 Å². The summed E-state index contributed by atoms with van der Waals surface area (Å²) < 4.78 is 20.5. The van der Waals surface area contributed by atoms with E-state index in [0.717, 1.165) is 30.1 Å². The molecule has 0 spiro atoms. The number of hydrogen-bond donors (Lipinski definition) is 0. The first-order valence-electron chi connectivity index (χ1n) is 11.0. The smallest absolute Gasteiger partial charge is 0.325 e. The maximum Gasteiger partial charge on any atom is 0.325 e. The first-order chi connectivity index (χ1) is 16.9. The van der Waals surface area contributed by atoms with Crippen LogP contribution in [0.2, 0.25) is 0 Å². The van der Waals surface area contributed by atoms with Crippen molar-refractivity contribution < 1.29 is 23.5 Å². The van der Waals surface area contributed by atoms with E-state index in [4.69, 9.17) is 4.74 Å². The van der Waals surface area contributed by atoms with Crippen molar-refractivity contribution in [3.8, 4) is 0 Å². The van der Waals surface area contributed by atoms with Gasteiger partial charge in [-0.2, -0.15) is 4.99 Å². The highest BCUT2D eigenvalue weighted by atomic mass is 32.2. The zero-order valence-corrected chi connectivity index (χ0v) is 20.8. The zero-order valence-electron chi connectivity index (χ0n) is 19.2. The minimum atomic E-state index is -0.504. The van der Waals surface area contributed by atoms with Gasteiger partial charge in [-0.25, -0.2) is 4.39 Å². The van der Waals surface area contributed by atoms with Gasteiger partial charge in [-0.15, -0.1) is 11.8 Å². The number of thiazole rings is 1. The predicted molar refractivity (Wildman–Crippen MR) is 135 cm³/mol. The molecule has 0 N–H and O–H groups in total. The monoisotopic (exact) mass is 516 g/mol. The maximum atomic E-state index is 13.6. The second-order valence-electron chi connectivity index (χ2n) is 7.86. The minimum Gasteiger partial charge on any atom is -0.468 e. The van der Waals surface area contributed by atoms with E-state index in [0.29, 0.717) is 23.3 Å². The number of nitrogens with zero attached hydrogens (tertiary/aromatic N) is 4. The number of ether oxygens (including phenoxy) is 1. The number of rotatable bonds is 7. The molecular weight excluding hydrogens is 491 g/mol. The highest BCUT2D eigenvalue weighted by Crippen LogP contribution is 2.19. The van der Waals surface area contributed by atoms with Crippen molar-refractivity contribution in [3.05, 3.63) is 59.1 Å². The Labute approximate surface area is 210 Å². The lowest BCUT2D eigenvalue weighted by Gasteiger charge is -2.36. The molecule has 0 unspecified atom stereocenters. The van der Waals surface area contributed by atoms with Gasteiger partial charge in [0.25, 0.3) is 5.91 Å². The van der Waals surface area contributed by atoms with Crippen LogP contribution in [-0.4, -0.2) is 72.0 Å². The van der Waals surface area contributed by atoms with Crippen molar-refractivity contribution >= 4 is 56.8 Å². The molecule has 1 aliphatic heterocycles. The van der Waals surface area contributed by atoms with Crippen LogP contribution in [0.4, 0.5) is 10.1 Å². The Kier molecular flexibility index (Phi) is 8.19. The average molecular weight is 517 g/mol. The maximum absolute atomic E-state index is 13.6. The normalized spacial score (nSPS) is 14.4. The molecule has 0 bridgehead atoms. The number of halogens is 1. The first kappa shape index (κ1) is 24.9. The molecule has 1 aromatic heterocycles. The molecule has 0 atom stereocenters. The number of piperazine rings is 1. The summed E-state index contributed by atoms with van der Waals surface area (Å²) in [6, 6.07) is 14.3. The number of esters is 1. The quantitative estimate of drug-likeness (QED) is 0.449. The second-order valence-corrected chi connectivity index (χ2v) is 9.86. The molecule has 2 aromatic carbocycles. The van der Waals surface area contributed by atoms with E-state index in [-0.39, 0.29) is 28.8 Å². The number of benzene rings is 2. The van der Waals surface area contributed by atoms with Gasteiger partial charge in [-0.1, -0.05) is 29.5 Å². The Balaban J connectivity index is 1.33. The topological polar surface area (TPSA) is 84.2 Å². The molecule has 2 heterocycles. The lowest BCUT2D eigenvalue weighted by molar-refractivity contribution is -0.141. The summed E-state index contributed by atoms with van der Waals surface area (Å²) in [6.45, 7) is 2.66. The van der Waals surface area contributed by atoms with Crippen LogP contribution in [-0.2, 0) is 25.7 Å². The van der Waals surface area contributed by atoms with E-state index in [1.54, 1.807) is 6.07 Å². The number of fused-ring (bicyclic) bond motifs is 1. The predicted octanol–water partition coefficient (Wildman–Crippen LogP) is 2.52. The Morgan fingerprint density at radius 1 is 1.06 bits per heavy atom. The molecule has 1 saturated heterocycles. The van der Waals surface area contributed by atoms with Crippen molar-refractivity contribution in [2.45, 2.75) is 6.54 Å². The summed E-state index contributed by atoms with van der Waals surface area (Å²) in [5.74, 6) is -1.14. The Morgan fingerprint density at radius 3 is 2.51 bits per heavy atom. The molecule has 0 radical (unpaired) electrons. The lowest BCUT2D eigenvalue weighted by Crippen LogP contribution is -2.49. The second kappa shape index (κ2) is 11.5. The van der Waals surface area contributed by atoms with Gasteiger partial charge in [0.1, 0.15) is 12.4 Å². The Bertz CT molecular complexity index is 1280. The molecule has 1 fully saturated rings. The Morgan fingerprint density at radius 2 is 1.80 bits per heavy atom. The fourth-order valence-electron chi connectivity index (χ4n) is 3.79. The van der Waals surface area contributed by atoms with Gasteiger partial charge in [0.05, 0.1) is 28.8 Å². The third-order valence-electron chi connectivity index (χ3n) is 5.58. The van der Waals surface area contributed by atoms with E-state index in [1.807, 2.05) is 23.1 Å². The SMILES string of the molecule is COC(=O)Cn1c(=NC(=O)CSCC(=O)N2CCN(c3ccccc3)CC2)sc2cc(F)ccc21. The number of carbonyl (C=O) groups is 3. The fourth-order valence-corrected chi connectivity index (χ4v) is 5.56. The first-order valence-corrected chi connectivity index (χ1v) is 13.0. The molecule has 1 aliphatic rings. The van der Waals surface area contributed by atoms with E-state index >= 15 is 0 Å². The van der Waals surface area contributed by atoms with Gasteiger partial charge < -0.3 is 19.1 Å². The van der Waals surface area contributed by atoms with Crippen LogP contribution in [0.25, 0.3) is 10.2 Å². The van der Waals surface area contributed by atoms with Crippen molar-refractivity contribution in [1.82, 2.24) is 9.47 Å². The lowest BCUT2D eigenvalue weighted by atomic mass is 10.2. The van der Waals surface area contributed by atoms with Gasteiger partial charge in [-0.05, 0) is 30.3 Å². The van der Waals surface area contributed by atoms with Crippen LogP contribution in [0.15, 0.2) is 53.5 Å². The third-order valence-corrected chi connectivity index (χ3v) is 7.53. The largest absolute Gasteiger partial charge is 0.468 e. The van der Waals surface area contributed by atoms with Crippen LogP contribution in [0.5, 0.6) is 0 Å². The van der Waals surface area contributed by atoms with E-state index in [1.165, 1.54) is 35.6 Å². The molecule has 184 valence electrons. The molecular formula is C24H25FN4O4S2. The Hall–Kier alpha value is -3.18. The number of aromatic nitrogens is 1. The molecule has 8 nitrogen and oxygen atoms in total. The van der Waals surface area contributed by atoms with Gasteiger partial charge in [0, 0.05) is 31.9 Å². The fraction of sp³-hybridized carbons (Fsp3) is 0.333. The van der Waals surface area contributed by atoms with E-state index < -0.39 is 17.7 Å². The summed E-state index contributed by atoms with van der Waals surface area (Å²) in [6.07, 6.45) is 0. The number of para-hydroxylation sites is 1. The minimum absolute atomic E-state index is 0.00592. The van der Waals surface area contributed by atoms with E-state index in [2.05, 4.69) is 22.0 Å². The number of thioether (sulfide) groups is 1. The zero-order chi connectivity index (χ0) is 24.8. The molecule has 11 heteroatoms. The van der Waals surface area contributed by atoms with Gasteiger partial charge in [0.2, 0.25) is 5.91 Å².